The molecule has 0 saturated heterocycles. The number of benzene rings is 1. The van der Waals surface area contributed by atoms with E-state index < -0.39 is 26.4 Å². The van der Waals surface area contributed by atoms with E-state index >= 15 is 0 Å². The minimum Gasteiger partial charge on any atom is -0.445 e. The van der Waals surface area contributed by atoms with E-state index in [1.807, 2.05) is 18.2 Å². The first-order valence-corrected chi connectivity index (χ1v) is 7.72. The molecule has 0 spiro atoms. The van der Waals surface area contributed by atoms with Gasteiger partial charge in [-0.3, -0.25) is 9.05 Å². The van der Waals surface area contributed by atoms with Crippen molar-refractivity contribution in [1.82, 2.24) is 4.90 Å². The molecule has 0 bridgehead atoms. The Hall–Kier alpha value is -1.89. The third-order valence-corrected chi connectivity index (χ3v) is 3.87. The zero-order valence-electron chi connectivity index (χ0n) is 12.6. The van der Waals surface area contributed by atoms with E-state index in [-0.39, 0.29) is 6.61 Å². The fraction of sp³-hybridized carbons (Fsp3) is 0.385. The number of carbonyl (C=O) groups excluding carboxylic acids is 2. The van der Waals surface area contributed by atoms with Gasteiger partial charge in [0.25, 0.3) is 0 Å². The van der Waals surface area contributed by atoms with Gasteiger partial charge in [0.15, 0.2) is 0 Å². The van der Waals surface area contributed by atoms with Gasteiger partial charge in [-0.1, -0.05) is 30.3 Å². The summed E-state index contributed by atoms with van der Waals surface area (Å²) in [6.45, 7) is -0.377. The van der Waals surface area contributed by atoms with Gasteiger partial charge in [0.05, 0.1) is 0 Å². The second-order valence-corrected chi connectivity index (χ2v) is 5.98. The van der Waals surface area contributed by atoms with Crippen LogP contribution < -0.4 is 0 Å². The summed E-state index contributed by atoms with van der Waals surface area (Å²) in [5.74, 6) is -0.939. The van der Waals surface area contributed by atoms with Crippen LogP contribution in [0.15, 0.2) is 30.3 Å². The Labute approximate surface area is 128 Å². The number of phosphoric ester groups is 1. The van der Waals surface area contributed by atoms with Crippen molar-refractivity contribution in [3.05, 3.63) is 35.9 Å². The molecule has 0 aliphatic heterocycles. The summed E-state index contributed by atoms with van der Waals surface area (Å²) in [6, 6.07) is 9.08. The summed E-state index contributed by atoms with van der Waals surface area (Å²) in [6.07, 6.45) is -0.717. The molecule has 0 atom stereocenters. The quantitative estimate of drug-likeness (QED) is 0.707. The highest BCUT2D eigenvalue weighted by molar-refractivity contribution is 7.49. The molecule has 9 heteroatoms. The maximum absolute atomic E-state index is 11.7. The lowest BCUT2D eigenvalue weighted by molar-refractivity contribution is -0.136. The fourth-order valence-corrected chi connectivity index (χ4v) is 2.00. The van der Waals surface area contributed by atoms with E-state index in [2.05, 4.69) is 13.6 Å². The number of amides is 1. The van der Waals surface area contributed by atoms with E-state index in [9.17, 15) is 14.2 Å². The predicted octanol–water partition coefficient (Wildman–Crippen LogP) is 2.20. The van der Waals surface area contributed by atoms with E-state index in [0.717, 1.165) is 24.7 Å². The van der Waals surface area contributed by atoms with E-state index in [4.69, 9.17) is 4.74 Å². The number of ether oxygens (including phenoxy) is 1. The van der Waals surface area contributed by atoms with Crippen molar-refractivity contribution in [2.45, 2.75) is 6.61 Å². The van der Waals surface area contributed by atoms with Crippen LogP contribution in [-0.2, 0) is 34.3 Å². The summed E-state index contributed by atoms with van der Waals surface area (Å²) in [7, 11) is -0.411. The zero-order valence-corrected chi connectivity index (χ0v) is 13.4. The number of nitrogens with zero attached hydrogens (tertiary/aromatic N) is 1. The lowest BCUT2D eigenvalue weighted by Gasteiger charge is -2.18. The average molecular weight is 331 g/mol. The predicted molar refractivity (Wildman–Crippen MR) is 77.0 cm³/mol. The van der Waals surface area contributed by atoms with Crippen molar-refractivity contribution in [3.8, 4) is 0 Å². The molecular formula is C13H18NO7P. The first-order chi connectivity index (χ1) is 10.4. The molecule has 22 heavy (non-hydrogen) atoms. The molecule has 0 saturated carbocycles. The van der Waals surface area contributed by atoms with Gasteiger partial charge < -0.3 is 14.2 Å². The summed E-state index contributed by atoms with van der Waals surface area (Å²) >= 11 is 0. The number of phosphoric acid groups is 1. The third kappa shape index (κ3) is 5.85. The van der Waals surface area contributed by atoms with Crippen LogP contribution in [-0.4, -0.2) is 44.8 Å². The summed E-state index contributed by atoms with van der Waals surface area (Å²) in [4.78, 5) is 24.3. The Kier molecular flexibility index (Phi) is 7.04. The number of hydrogen-bond donors (Lipinski definition) is 0. The highest BCUT2D eigenvalue weighted by Gasteiger charge is 2.29. The Morgan fingerprint density at radius 1 is 1.14 bits per heavy atom. The summed E-state index contributed by atoms with van der Waals surface area (Å²) in [5, 5.41) is 0. The zero-order chi connectivity index (χ0) is 16.6. The normalized spacial score (nSPS) is 10.9. The average Bonchev–Trinajstić information content (AvgIpc) is 2.53. The van der Waals surface area contributed by atoms with Crippen LogP contribution in [0.25, 0.3) is 0 Å². The molecule has 0 unspecified atom stereocenters. The smallest absolute Gasteiger partial charge is 0.445 e. The van der Waals surface area contributed by atoms with Crippen molar-refractivity contribution < 1.29 is 32.5 Å². The van der Waals surface area contributed by atoms with Crippen LogP contribution in [0.2, 0.25) is 0 Å². The molecule has 8 nitrogen and oxygen atoms in total. The van der Waals surface area contributed by atoms with Gasteiger partial charge in [0.1, 0.15) is 13.2 Å². The number of likely N-dealkylation sites (N-methyl/N-ethyl adjacent to an activating group) is 1. The van der Waals surface area contributed by atoms with Crippen molar-refractivity contribution >= 4 is 19.9 Å². The van der Waals surface area contributed by atoms with Gasteiger partial charge >= 0.3 is 19.9 Å². The molecular weight excluding hydrogens is 313 g/mol. The molecule has 0 aliphatic carbocycles. The Morgan fingerprint density at radius 3 is 2.27 bits per heavy atom. The second kappa shape index (κ2) is 8.53. The van der Waals surface area contributed by atoms with Gasteiger partial charge in [0.2, 0.25) is 0 Å². The number of carbonyl (C=O) groups is 2. The van der Waals surface area contributed by atoms with Crippen molar-refractivity contribution in [3.63, 3.8) is 0 Å². The molecule has 0 aromatic heterocycles. The highest BCUT2D eigenvalue weighted by atomic mass is 31.2. The van der Waals surface area contributed by atoms with Crippen LogP contribution in [0.5, 0.6) is 0 Å². The van der Waals surface area contributed by atoms with Crippen molar-refractivity contribution in [2.75, 3.05) is 27.8 Å². The largest absolute Gasteiger partial charge is 0.531 e. The number of hydrogen-bond acceptors (Lipinski definition) is 7. The lowest BCUT2D eigenvalue weighted by Crippen LogP contribution is -2.33. The minimum absolute atomic E-state index is 0.0771. The fourth-order valence-electron chi connectivity index (χ4n) is 1.39. The topological polar surface area (TPSA) is 91.4 Å². The van der Waals surface area contributed by atoms with Crippen LogP contribution in [0.1, 0.15) is 5.56 Å². The van der Waals surface area contributed by atoms with Crippen LogP contribution in [0.4, 0.5) is 4.79 Å². The summed E-state index contributed by atoms with van der Waals surface area (Å²) in [5.41, 5.74) is 0.815. The third-order valence-electron chi connectivity index (χ3n) is 2.54. The highest BCUT2D eigenvalue weighted by Crippen LogP contribution is 2.47. The van der Waals surface area contributed by atoms with E-state index in [1.54, 1.807) is 12.1 Å². The standard InChI is InChI=1S/C13H18NO7P/c1-14(9-12(15)21-22(17,18-2)19-3)13(16)20-10-11-7-5-4-6-8-11/h4-8H,9-10H2,1-3H3. The molecule has 0 heterocycles. The Morgan fingerprint density at radius 2 is 1.73 bits per heavy atom. The van der Waals surface area contributed by atoms with Crippen LogP contribution >= 0.6 is 7.82 Å². The first kappa shape index (κ1) is 18.2. The van der Waals surface area contributed by atoms with E-state index in [0.29, 0.717) is 0 Å². The Balaban J connectivity index is 2.43. The molecule has 1 aromatic rings. The van der Waals surface area contributed by atoms with Gasteiger partial charge in [-0.25, -0.2) is 14.2 Å². The maximum Gasteiger partial charge on any atom is 0.531 e. The molecule has 0 radical (unpaired) electrons. The van der Waals surface area contributed by atoms with Gasteiger partial charge in [-0.2, -0.15) is 0 Å². The maximum atomic E-state index is 11.7. The molecule has 1 rings (SSSR count). The molecule has 0 fully saturated rings. The SMILES string of the molecule is COP(=O)(OC)OC(=O)CN(C)C(=O)OCc1ccccc1. The van der Waals surface area contributed by atoms with Gasteiger partial charge in [-0.15, -0.1) is 0 Å². The first-order valence-electron chi connectivity index (χ1n) is 6.26. The van der Waals surface area contributed by atoms with Crippen LogP contribution in [0, 0.1) is 0 Å². The molecule has 1 aromatic carbocycles. The van der Waals surface area contributed by atoms with Crippen molar-refractivity contribution in [2.24, 2.45) is 0 Å². The molecule has 122 valence electrons. The van der Waals surface area contributed by atoms with E-state index in [1.165, 1.54) is 7.05 Å². The van der Waals surface area contributed by atoms with Crippen LogP contribution in [0.3, 0.4) is 0 Å². The minimum atomic E-state index is -3.92. The monoisotopic (exact) mass is 331 g/mol. The van der Waals surface area contributed by atoms with Gasteiger partial charge in [0, 0.05) is 21.3 Å². The Bertz CT molecular complexity index is 541. The van der Waals surface area contributed by atoms with Crippen molar-refractivity contribution in [1.29, 1.82) is 0 Å². The number of rotatable bonds is 7. The summed E-state index contributed by atoms with van der Waals surface area (Å²) < 4.78 is 30.1. The molecule has 0 N–H and O–H groups in total. The van der Waals surface area contributed by atoms with Gasteiger partial charge in [-0.05, 0) is 5.56 Å². The molecule has 1 amide bonds. The second-order valence-electron chi connectivity index (χ2n) is 4.17. The molecule has 0 aliphatic rings. The lowest BCUT2D eigenvalue weighted by atomic mass is 10.2.